The van der Waals surface area contributed by atoms with Crippen molar-refractivity contribution in [1.29, 1.82) is 0 Å². The molecule has 0 saturated carbocycles. The van der Waals surface area contributed by atoms with Crippen molar-refractivity contribution in [3.8, 4) is 0 Å². The third-order valence-corrected chi connectivity index (χ3v) is 4.41. The molecule has 0 aromatic carbocycles. The normalized spacial score (nSPS) is 20.0. The zero-order valence-electron chi connectivity index (χ0n) is 11.4. The average Bonchev–Trinajstić information content (AvgIpc) is 2.19. The summed E-state index contributed by atoms with van der Waals surface area (Å²) >= 11 is 0. The Hall–Kier alpha value is -1.31. The molecule has 1 N–H and O–H groups in total. The Morgan fingerprint density at radius 2 is 1.79 bits per heavy atom. The SMILES string of the molecule is COC(=O)[C@@H](NC(=O)OC(C)(C)C)C1CS(=O)(=O)C1. The third-order valence-electron chi connectivity index (χ3n) is 2.53. The number of hydrogen-bond acceptors (Lipinski definition) is 6. The van der Waals surface area contributed by atoms with E-state index in [1.54, 1.807) is 20.8 Å². The third kappa shape index (κ3) is 4.70. The molecule has 1 aliphatic rings. The molecule has 0 aliphatic carbocycles. The summed E-state index contributed by atoms with van der Waals surface area (Å²) in [5.74, 6) is -1.42. The topological polar surface area (TPSA) is 98.8 Å². The van der Waals surface area contributed by atoms with Crippen LogP contribution in [0, 0.1) is 5.92 Å². The molecule has 1 aliphatic heterocycles. The first-order valence-corrected chi connectivity index (χ1v) is 7.64. The molecule has 7 nitrogen and oxygen atoms in total. The lowest BCUT2D eigenvalue weighted by molar-refractivity contribution is -0.144. The highest BCUT2D eigenvalue weighted by atomic mass is 32.2. The van der Waals surface area contributed by atoms with Crippen LogP contribution < -0.4 is 5.32 Å². The van der Waals surface area contributed by atoms with Gasteiger partial charge in [-0.25, -0.2) is 18.0 Å². The second-order valence-electron chi connectivity index (χ2n) is 5.48. The van der Waals surface area contributed by atoms with Gasteiger partial charge in [0.1, 0.15) is 11.6 Å². The molecule has 1 heterocycles. The molecule has 0 aromatic rings. The fourth-order valence-corrected chi connectivity index (χ4v) is 3.32. The first-order chi connectivity index (χ1) is 8.54. The predicted octanol–water partition coefficient (Wildman–Crippen LogP) is 0.0973. The van der Waals surface area contributed by atoms with E-state index in [4.69, 9.17) is 4.74 Å². The van der Waals surface area contributed by atoms with Crippen LogP contribution in [0.5, 0.6) is 0 Å². The van der Waals surface area contributed by atoms with Crippen molar-refractivity contribution in [3.63, 3.8) is 0 Å². The average molecular weight is 293 g/mol. The zero-order valence-corrected chi connectivity index (χ0v) is 12.2. The van der Waals surface area contributed by atoms with Gasteiger partial charge in [-0.15, -0.1) is 0 Å². The molecule has 1 atom stereocenters. The van der Waals surface area contributed by atoms with Gasteiger partial charge in [0.05, 0.1) is 18.6 Å². The summed E-state index contributed by atoms with van der Waals surface area (Å²) in [6.45, 7) is 5.06. The van der Waals surface area contributed by atoms with E-state index in [-0.39, 0.29) is 11.5 Å². The van der Waals surface area contributed by atoms with Gasteiger partial charge in [0.25, 0.3) is 0 Å². The van der Waals surface area contributed by atoms with Gasteiger partial charge in [-0.05, 0) is 20.8 Å². The van der Waals surface area contributed by atoms with Crippen LogP contribution in [-0.2, 0) is 24.1 Å². The number of nitrogens with one attached hydrogen (secondary N) is 1. The Kier molecular flexibility index (Phi) is 4.44. The van der Waals surface area contributed by atoms with Gasteiger partial charge < -0.3 is 14.8 Å². The van der Waals surface area contributed by atoms with Crippen LogP contribution in [-0.4, -0.2) is 50.7 Å². The summed E-state index contributed by atoms with van der Waals surface area (Å²) in [6.07, 6.45) is -0.771. The number of carbonyl (C=O) groups excluding carboxylic acids is 2. The summed E-state index contributed by atoms with van der Waals surface area (Å²) in [5.41, 5.74) is -0.698. The molecule has 0 radical (unpaired) electrons. The van der Waals surface area contributed by atoms with Crippen LogP contribution in [0.2, 0.25) is 0 Å². The Labute approximate surface area is 112 Å². The van der Waals surface area contributed by atoms with Crippen LogP contribution in [0.1, 0.15) is 20.8 Å². The van der Waals surface area contributed by atoms with Crippen molar-refractivity contribution in [1.82, 2.24) is 5.32 Å². The summed E-state index contributed by atoms with van der Waals surface area (Å²) in [7, 11) is -1.91. The standard InChI is InChI=1S/C11H19NO6S/c1-11(2,3)18-10(14)12-8(9(13)17-4)7-5-19(15,16)6-7/h7-8H,5-6H2,1-4H3,(H,12,14)/t8-/m0/s1. The van der Waals surface area contributed by atoms with E-state index in [1.165, 1.54) is 7.11 Å². The largest absolute Gasteiger partial charge is 0.467 e. The van der Waals surface area contributed by atoms with Gasteiger partial charge in [-0.2, -0.15) is 0 Å². The van der Waals surface area contributed by atoms with Gasteiger partial charge in [0, 0.05) is 5.92 Å². The van der Waals surface area contributed by atoms with Crippen LogP contribution in [0.15, 0.2) is 0 Å². The lowest BCUT2D eigenvalue weighted by atomic mass is 10.0. The number of carbonyl (C=O) groups is 2. The van der Waals surface area contributed by atoms with E-state index in [9.17, 15) is 18.0 Å². The molecule has 1 amide bonds. The Morgan fingerprint density at radius 3 is 2.16 bits per heavy atom. The highest BCUT2D eigenvalue weighted by Gasteiger charge is 2.43. The Bertz CT molecular complexity index is 452. The van der Waals surface area contributed by atoms with Crippen molar-refractivity contribution in [2.45, 2.75) is 32.4 Å². The highest BCUT2D eigenvalue weighted by Crippen LogP contribution is 2.23. The summed E-state index contributed by atoms with van der Waals surface area (Å²) in [5, 5.41) is 2.36. The maximum atomic E-state index is 11.6. The Morgan fingerprint density at radius 1 is 1.26 bits per heavy atom. The Balaban J connectivity index is 2.67. The van der Waals surface area contributed by atoms with Crippen molar-refractivity contribution < 1.29 is 27.5 Å². The second-order valence-corrected chi connectivity index (χ2v) is 7.64. The quantitative estimate of drug-likeness (QED) is 0.741. The minimum Gasteiger partial charge on any atom is -0.467 e. The molecule has 110 valence electrons. The highest BCUT2D eigenvalue weighted by molar-refractivity contribution is 7.92. The molecule has 19 heavy (non-hydrogen) atoms. The van der Waals surface area contributed by atoms with Crippen LogP contribution in [0.3, 0.4) is 0 Å². The minimum atomic E-state index is -3.09. The lowest BCUT2D eigenvalue weighted by Gasteiger charge is -2.32. The number of methoxy groups -OCH3 is 1. The van der Waals surface area contributed by atoms with E-state index < -0.39 is 39.5 Å². The maximum Gasteiger partial charge on any atom is 0.408 e. The van der Waals surface area contributed by atoms with E-state index in [1.807, 2.05) is 0 Å². The molecule has 1 saturated heterocycles. The van der Waals surface area contributed by atoms with E-state index >= 15 is 0 Å². The summed E-state index contributed by atoms with van der Waals surface area (Å²) < 4.78 is 31.9. The zero-order chi connectivity index (χ0) is 14.8. The number of alkyl carbamates (subject to hydrolysis) is 1. The minimum absolute atomic E-state index is 0.136. The first kappa shape index (κ1) is 15.7. The molecule has 0 bridgehead atoms. The van der Waals surface area contributed by atoms with Crippen LogP contribution in [0.4, 0.5) is 4.79 Å². The van der Waals surface area contributed by atoms with Crippen LogP contribution in [0.25, 0.3) is 0 Å². The van der Waals surface area contributed by atoms with Gasteiger partial charge in [-0.1, -0.05) is 0 Å². The number of hydrogen-bond donors (Lipinski definition) is 1. The number of rotatable bonds is 3. The molecule has 0 aromatic heterocycles. The fourth-order valence-electron chi connectivity index (χ4n) is 1.73. The molecular formula is C11H19NO6S. The molecular weight excluding hydrogens is 274 g/mol. The number of ether oxygens (including phenoxy) is 2. The van der Waals surface area contributed by atoms with Crippen molar-refractivity contribution in [2.75, 3.05) is 18.6 Å². The monoisotopic (exact) mass is 293 g/mol. The maximum absolute atomic E-state index is 11.6. The van der Waals surface area contributed by atoms with Gasteiger partial charge >= 0.3 is 12.1 Å². The number of sulfone groups is 1. The smallest absolute Gasteiger partial charge is 0.408 e. The fraction of sp³-hybridized carbons (Fsp3) is 0.818. The molecule has 1 rings (SSSR count). The van der Waals surface area contributed by atoms with Crippen molar-refractivity contribution in [3.05, 3.63) is 0 Å². The molecule has 1 fully saturated rings. The number of esters is 1. The molecule has 0 unspecified atom stereocenters. The molecule has 0 spiro atoms. The summed E-state index contributed by atoms with van der Waals surface area (Å²) in [4.78, 5) is 23.2. The van der Waals surface area contributed by atoms with Crippen molar-refractivity contribution >= 4 is 21.9 Å². The predicted molar refractivity (Wildman–Crippen MR) is 67.3 cm³/mol. The van der Waals surface area contributed by atoms with E-state index in [2.05, 4.69) is 10.1 Å². The van der Waals surface area contributed by atoms with E-state index in [0.29, 0.717) is 0 Å². The summed E-state index contributed by atoms with van der Waals surface area (Å²) in [6, 6.07) is -0.997. The first-order valence-electron chi connectivity index (χ1n) is 5.82. The molecule has 8 heteroatoms. The van der Waals surface area contributed by atoms with Gasteiger partial charge in [0.15, 0.2) is 9.84 Å². The van der Waals surface area contributed by atoms with Gasteiger partial charge in [-0.3, -0.25) is 0 Å². The van der Waals surface area contributed by atoms with Gasteiger partial charge in [0.2, 0.25) is 0 Å². The lowest BCUT2D eigenvalue weighted by Crippen LogP contribution is -2.56. The van der Waals surface area contributed by atoms with Crippen LogP contribution >= 0.6 is 0 Å². The second kappa shape index (κ2) is 5.36. The van der Waals surface area contributed by atoms with Crippen molar-refractivity contribution in [2.24, 2.45) is 5.92 Å². The van der Waals surface area contributed by atoms with E-state index in [0.717, 1.165) is 0 Å². The number of amides is 1.